The molecule has 3 rings (SSSR count). The average Bonchev–Trinajstić information content (AvgIpc) is 3.08. The summed E-state index contributed by atoms with van der Waals surface area (Å²) in [5.41, 5.74) is 0.818. The first kappa shape index (κ1) is 13.2. The third-order valence-corrected chi connectivity index (χ3v) is 4.32. The van der Waals surface area contributed by atoms with E-state index in [1.807, 2.05) is 11.6 Å². The first-order valence-corrected chi connectivity index (χ1v) is 7.62. The summed E-state index contributed by atoms with van der Waals surface area (Å²) in [6, 6.07) is 0.292. The van der Waals surface area contributed by atoms with Gasteiger partial charge in [-0.15, -0.1) is 0 Å². The van der Waals surface area contributed by atoms with Crippen molar-refractivity contribution in [1.29, 1.82) is 0 Å². The Kier molecular flexibility index (Phi) is 3.77. The van der Waals surface area contributed by atoms with E-state index in [0.29, 0.717) is 16.9 Å². The van der Waals surface area contributed by atoms with Gasteiger partial charge in [0.25, 0.3) is 5.91 Å². The first-order chi connectivity index (χ1) is 9.74. The Morgan fingerprint density at radius 2 is 2.20 bits per heavy atom. The fourth-order valence-electron chi connectivity index (χ4n) is 2.49. The molecule has 106 valence electrons. The first-order valence-electron chi connectivity index (χ1n) is 6.85. The van der Waals surface area contributed by atoms with Gasteiger partial charge in [-0.2, -0.15) is 4.37 Å². The number of nitrogens with one attached hydrogen (secondary N) is 1. The summed E-state index contributed by atoms with van der Waals surface area (Å²) in [4.78, 5) is 20.5. The molecule has 7 heteroatoms. The standard InChI is InChI=1S/C13H17N5OS/c1-18-8-14-7-10(18)11-16-13(20-17-11)12(19)15-9-5-3-2-4-6-9/h7-9H,2-6H2,1H3,(H,15,19). The van der Waals surface area contributed by atoms with Crippen LogP contribution in [0.5, 0.6) is 0 Å². The van der Waals surface area contributed by atoms with Crippen molar-refractivity contribution in [3.8, 4) is 11.5 Å². The zero-order chi connectivity index (χ0) is 13.9. The SMILES string of the molecule is Cn1cncc1-c1nsc(C(=O)NC2CCCCC2)n1. The van der Waals surface area contributed by atoms with Gasteiger partial charge in [-0.1, -0.05) is 19.3 Å². The number of carbonyl (C=O) groups is 1. The van der Waals surface area contributed by atoms with Gasteiger partial charge in [0.05, 0.1) is 12.5 Å². The lowest BCUT2D eigenvalue weighted by molar-refractivity contribution is 0.0927. The molecule has 1 fully saturated rings. The normalized spacial score (nSPS) is 16.2. The van der Waals surface area contributed by atoms with Crippen LogP contribution in [-0.2, 0) is 7.05 Å². The maximum atomic E-state index is 12.2. The monoisotopic (exact) mass is 291 g/mol. The maximum Gasteiger partial charge on any atom is 0.282 e. The molecule has 0 spiro atoms. The van der Waals surface area contributed by atoms with Crippen molar-refractivity contribution in [3.63, 3.8) is 0 Å². The molecule has 2 aromatic rings. The number of carbonyl (C=O) groups excluding carboxylic acids is 1. The number of hydrogen-bond donors (Lipinski definition) is 1. The quantitative estimate of drug-likeness (QED) is 0.938. The summed E-state index contributed by atoms with van der Waals surface area (Å²) >= 11 is 1.14. The molecule has 1 aliphatic rings. The molecule has 0 aliphatic heterocycles. The van der Waals surface area contributed by atoms with Crippen molar-refractivity contribution in [1.82, 2.24) is 24.2 Å². The topological polar surface area (TPSA) is 72.7 Å². The van der Waals surface area contributed by atoms with Gasteiger partial charge >= 0.3 is 0 Å². The highest BCUT2D eigenvalue weighted by Crippen LogP contribution is 2.20. The lowest BCUT2D eigenvalue weighted by Crippen LogP contribution is -2.36. The van der Waals surface area contributed by atoms with Crippen LogP contribution in [0, 0.1) is 0 Å². The van der Waals surface area contributed by atoms with Gasteiger partial charge in [-0.3, -0.25) is 4.79 Å². The van der Waals surface area contributed by atoms with Crippen molar-refractivity contribution in [3.05, 3.63) is 17.5 Å². The van der Waals surface area contributed by atoms with E-state index in [1.54, 1.807) is 12.5 Å². The van der Waals surface area contributed by atoms with Crippen LogP contribution in [-0.4, -0.2) is 30.9 Å². The number of aryl methyl sites for hydroxylation is 1. The van der Waals surface area contributed by atoms with E-state index in [0.717, 1.165) is 30.1 Å². The van der Waals surface area contributed by atoms with Gasteiger partial charge in [0, 0.05) is 13.1 Å². The number of amides is 1. The second-order valence-corrected chi connectivity index (χ2v) is 5.87. The van der Waals surface area contributed by atoms with Crippen LogP contribution in [0.4, 0.5) is 0 Å². The van der Waals surface area contributed by atoms with Crippen molar-refractivity contribution >= 4 is 17.4 Å². The number of aromatic nitrogens is 4. The van der Waals surface area contributed by atoms with Crippen LogP contribution in [0.25, 0.3) is 11.5 Å². The van der Waals surface area contributed by atoms with Crippen LogP contribution in [0.15, 0.2) is 12.5 Å². The largest absolute Gasteiger partial charge is 0.347 e. The molecule has 1 N–H and O–H groups in total. The third-order valence-electron chi connectivity index (χ3n) is 3.61. The van der Waals surface area contributed by atoms with Gasteiger partial charge in [0.15, 0.2) is 5.82 Å². The van der Waals surface area contributed by atoms with E-state index in [4.69, 9.17) is 0 Å². The summed E-state index contributed by atoms with van der Waals surface area (Å²) in [7, 11) is 1.88. The van der Waals surface area contributed by atoms with Gasteiger partial charge < -0.3 is 9.88 Å². The molecule has 1 aliphatic carbocycles. The molecule has 0 atom stereocenters. The number of hydrogen-bond acceptors (Lipinski definition) is 5. The minimum absolute atomic E-state index is 0.109. The van der Waals surface area contributed by atoms with Crippen LogP contribution >= 0.6 is 11.5 Å². The maximum absolute atomic E-state index is 12.2. The Morgan fingerprint density at radius 3 is 2.90 bits per heavy atom. The summed E-state index contributed by atoms with van der Waals surface area (Å²) in [6.07, 6.45) is 9.19. The highest BCUT2D eigenvalue weighted by Gasteiger charge is 2.20. The van der Waals surface area contributed by atoms with Crippen LogP contribution in [0.3, 0.4) is 0 Å². The predicted octanol–water partition coefficient (Wildman–Crippen LogP) is 2.00. The van der Waals surface area contributed by atoms with Gasteiger partial charge in [0.2, 0.25) is 5.01 Å². The van der Waals surface area contributed by atoms with E-state index in [-0.39, 0.29) is 5.91 Å². The van der Waals surface area contributed by atoms with Crippen LogP contribution < -0.4 is 5.32 Å². The van der Waals surface area contributed by atoms with Gasteiger partial charge in [0.1, 0.15) is 5.69 Å². The van der Waals surface area contributed by atoms with E-state index in [2.05, 4.69) is 19.7 Å². The summed E-state index contributed by atoms with van der Waals surface area (Å²) < 4.78 is 6.08. The van der Waals surface area contributed by atoms with Gasteiger partial charge in [-0.05, 0) is 24.4 Å². The molecule has 0 aromatic carbocycles. The lowest BCUT2D eigenvalue weighted by Gasteiger charge is -2.21. The Bertz CT molecular complexity index is 599. The Morgan fingerprint density at radius 1 is 1.40 bits per heavy atom. The number of rotatable bonds is 3. The van der Waals surface area contributed by atoms with Crippen LogP contribution in [0.1, 0.15) is 41.9 Å². The fraction of sp³-hybridized carbons (Fsp3) is 0.538. The minimum atomic E-state index is -0.109. The highest BCUT2D eigenvalue weighted by atomic mass is 32.1. The predicted molar refractivity (Wildman–Crippen MR) is 76.5 cm³/mol. The molecule has 0 bridgehead atoms. The van der Waals surface area contributed by atoms with Crippen LogP contribution in [0.2, 0.25) is 0 Å². The molecule has 0 unspecified atom stereocenters. The second kappa shape index (κ2) is 5.70. The Balaban J connectivity index is 1.70. The second-order valence-electron chi connectivity index (χ2n) is 5.12. The Labute approximate surface area is 121 Å². The molecule has 0 radical (unpaired) electrons. The van der Waals surface area contributed by atoms with Crippen molar-refractivity contribution in [2.75, 3.05) is 0 Å². The average molecular weight is 291 g/mol. The zero-order valence-corrected chi connectivity index (χ0v) is 12.2. The molecule has 2 heterocycles. The molecular weight excluding hydrogens is 274 g/mol. The van der Waals surface area contributed by atoms with E-state index in [9.17, 15) is 4.79 Å². The van der Waals surface area contributed by atoms with Crippen molar-refractivity contribution in [2.24, 2.45) is 7.05 Å². The van der Waals surface area contributed by atoms with Crippen molar-refractivity contribution in [2.45, 2.75) is 38.1 Å². The Hall–Kier alpha value is -1.76. The minimum Gasteiger partial charge on any atom is -0.347 e. The third kappa shape index (κ3) is 2.72. The van der Waals surface area contributed by atoms with E-state index < -0.39 is 0 Å². The number of nitrogens with zero attached hydrogens (tertiary/aromatic N) is 4. The fourth-order valence-corrected chi connectivity index (χ4v) is 3.06. The molecular formula is C13H17N5OS. The lowest BCUT2D eigenvalue weighted by atomic mass is 9.95. The van der Waals surface area contributed by atoms with E-state index in [1.165, 1.54) is 19.3 Å². The smallest absolute Gasteiger partial charge is 0.282 e. The molecule has 1 saturated carbocycles. The van der Waals surface area contributed by atoms with E-state index >= 15 is 0 Å². The summed E-state index contributed by atoms with van der Waals surface area (Å²) in [5.74, 6) is 0.451. The summed E-state index contributed by atoms with van der Waals surface area (Å²) in [5, 5.41) is 3.48. The summed E-state index contributed by atoms with van der Waals surface area (Å²) in [6.45, 7) is 0. The van der Waals surface area contributed by atoms with Crippen molar-refractivity contribution < 1.29 is 4.79 Å². The zero-order valence-electron chi connectivity index (χ0n) is 11.4. The molecule has 0 saturated heterocycles. The number of imidazole rings is 1. The molecule has 2 aromatic heterocycles. The molecule has 20 heavy (non-hydrogen) atoms. The highest BCUT2D eigenvalue weighted by molar-refractivity contribution is 7.07. The molecule has 6 nitrogen and oxygen atoms in total. The molecule has 1 amide bonds. The van der Waals surface area contributed by atoms with Gasteiger partial charge in [-0.25, -0.2) is 9.97 Å².